The highest BCUT2D eigenvalue weighted by Crippen LogP contribution is 2.42. The van der Waals surface area contributed by atoms with Gasteiger partial charge >= 0.3 is 0 Å². The van der Waals surface area contributed by atoms with Gasteiger partial charge < -0.3 is 10.1 Å². The number of hydrogen-bond acceptors (Lipinski definition) is 2. The Morgan fingerprint density at radius 1 is 1.36 bits per heavy atom. The van der Waals surface area contributed by atoms with E-state index in [0.717, 1.165) is 37.3 Å². The summed E-state index contributed by atoms with van der Waals surface area (Å²) in [5.41, 5.74) is 0. The van der Waals surface area contributed by atoms with E-state index in [1.165, 1.54) is 19.4 Å². The highest BCUT2D eigenvalue weighted by Gasteiger charge is 2.34. The molecule has 14 heavy (non-hydrogen) atoms. The zero-order chi connectivity index (χ0) is 9.80. The van der Waals surface area contributed by atoms with Crippen LogP contribution in [0.25, 0.3) is 0 Å². The Morgan fingerprint density at radius 3 is 2.93 bits per heavy atom. The Kier molecular flexibility index (Phi) is 3.60. The van der Waals surface area contributed by atoms with Crippen LogP contribution in [0.4, 0.5) is 0 Å². The van der Waals surface area contributed by atoms with Gasteiger partial charge in [-0.15, -0.1) is 0 Å². The normalized spacial score (nSPS) is 34.2. The Labute approximate surface area is 86.7 Å². The minimum Gasteiger partial charge on any atom is -0.385 e. The van der Waals surface area contributed by atoms with Crippen molar-refractivity contribution in [2.75, 3.05) is 26.8 Å². The Bertz CT molecular complexity index is 202. The summed E-state index contributed by atoms with van der Waals surface area (Å²) in [4.78, 5) is 0. The predicted octanol–water partition coefficient (Wildman–Crippen LogP) is 1.82. The fourth-order valence-corrected chi connectivity index (χ4v) is 2.76. The first-order valence-electron chi connectivity index (χ1n) is 5.78. The van der Waals surface area contributed by atoms with E-state index in [1.807, 2.05) is 0 Å². The second-order valence-corrected chi connectivity index (χ2v) is 4.59. The quantitative estimate of drug-likeness (QED) is 0.515. The molecule has 0 unspecified atom stereocenters. The number of hydrogen-bond donors (Lipinski definition) is 1. The topological polar surface area (TPSA) is 21.3 Å². The summed E-state index contributed by atoms with van der Waals surface area (Å²) in [6, 6.07) is 0. The third kappa shape index (κ3) is 2.37. The molecule has 0 aliphatic heterocycles. The monoisotopic (exact) mass is 195 g/mol. The van der Waals surface area contributed by atoms with E-state index in [9.17, 15) is 0 Å². The van der Waals surface area contributed by atoms with Gasteiger partial charge in [0.25, 0.3) is 0 Å². The maximum absolute atomic E-state index is 5.01. The molecule has 0 radical (unpaired) electrons. The van der Waals surface area contributed by atoms with Gasteiger partial charge in [-0.2, -0.15) is 0 Å². The smallest absolute Gasteiger partial charge is 0.0474 e. The third-order valence-corrected chi connectivity index (χ3v) is 3.52. The fraction of sp³-hybridized carbons (Fsp3) is 0.833. The Hall–Kier alpha value is -0.340. The molecule has 0 aromatic rings. The lowest BCUT2D eigenvalue weighted by Crippen LogP contribution is -2.26. The maximum Gasteiger partial charge on any atom is 0.0474 e. The van der Waals surface area contributed by atoms with Gasteiger partial charge in [-0.25, -0.2) is 0 Å². The highest BCUT2D eigenvalue weighted by atomic mass is 16.5. The summed E-state index contributed by atoms with van der Waals surface area (Å²) in [5.74, 6) is 2.70. The highest BCUT2D eigenvalue weighted by molar-refractivity contribution is 5.10. The fourth-order valence-electron chi connectivity index (χ4n) is 2.76. The largest absolute Gasteiger partial charge is 0.385 e. The van der Waals surface area contributed by atoms with Gasteiger partial charge in [-0.05, 0) is 50.1 Å². The van der Waals surface area contributed by atoms with Crippen LogP contribution in [0.1, 0.15) is 19.3 Å². The zero-order valence-corrected chi connectivity index (χ0v) is 9.04. The molecule has 2 heteroatoms. The average Bonchev–Trinajstić information content (AvgIpc) is 2.79. The number of methoxy groups -OCH3 is 1. The van der Waals surface area contributed by atoms with Crippen LogP contribution in [0.3, 0.4) is 0 Å². The summed E-state index contributed by atoms with van der Waals surface area (Å²) >= 11 is 0. The van der Waals surface area contributed by atoms with Crippen LogP contribution >= 0.6 is 0 Å². The number of rotatable bonds is 6. The van der Waals surface area contributed by atoms with Crippen LogP contribution in [0.5, 0.6) is 0 Å². The van der Waals surface area contributed by atoms with Crippen LogP contribution < -0.4 is 5.32 Å². The summed E-state index contributed by atoms with van der Waals surface area (Å²) < 4.78 is 5.01. The maximum atomic E-state index is 5.01. The molecule has 3 atom stereocenters. The molecule has 2 nitrogen and oxygen atoms in total. The molecule has 0 heterocycles. The molecule has 0 spiro atoms. The number of allylic oxidation sites excluding steroid dienone is 2. The summed E-state index contributed by atoms with van der Waals surface area (Å²) in [6.45, 7) is 3.18. The van der Waals surface area contributed by atoms with Gasteiger partial charge in [-0.1, -0.05) is 12.2 Å². The SMILES string of the molecule is COCCCNC[C@@H]1C[C@H]2C=C[C@@H]1C2. The van der Waals surface area contributed by atoms with E-state index in [1.54, 1.807) is 7.11 Å². The van der Waals surface area contributed by atoms with Crippen LogP contribution in [-0.2, 0) is 4.74 Å². The van der Waals surface area contributed by atoms with E-state index >= 15 is 0 Å². The Balaban J connectivity index is 1.56. The van der Waals surface area contributed by atoms with E-state index in [-0.39, 0.29) is 0 Å². The standard InChI is InChI=1S/C12H21NO/c1-14-6-2-5-13-9-12-8-10-3-4-11(12)7-10/h3-4,10-13H,2,5-9H2,1H3/t10-,11+,12-/m0/s1. The number of nitrogens with one attached hydrogen (secondary N) is 1. The van der Waals surface area contributed by atoms with Gasteiger partial charge in [-0.3, -0.25) is 0 Å². The molecule has 0 aromatic carbocycles. The molecule has 0 amide bonds. The molecule has 1 N–H and O–H groups in total. The van der Waals surface area contributed by atoms with Crippen molar-refractivity contribution in [3.63, 3.8) is 0 Å². The minimum absolute atomic E-state index is 0.879. The lowest BCUT2D eigenvalue weighted by Gasteiger charge is -2.18. The molecule has 1 saturated carbocycles. The van der Waals surface area contributed by atoms with Crippen molar-refractivity contribution < 1.29 is 4.74 Å². The number of fused-ring (bicyclic) bond motifs is 2. The molecular weight excluding hydrogens is 174 g/mol. The first-order chi connectivity index (χ1) is 6.90. The van der Waals surface area contributed by atoms with Crippen molar-refractivity contribution in [2.24, 2.45) is 17.8 Å². The second kappa shape index (κ2) is 4.94. The lowest BCUT2D eigenvalue weighted by atomic mass is 9.94. The van der Waals surface area contributed by atoms with Gasteiger partial charge in [0.1, 0.15) is 0 Å². The molecule has 2 bridgehead atoms. The van der Waals surface area contributed by atoms with Crippen molar-refractivity contribution in [3.8, 4) is 0 Å². The molecule has 2 aliphatic carbocycles. The Morgan fingerprint density at radius 2 is 2.29 bits per heavy atom. The first kappa shape index (κ1) is 10.2. The molecule has 1 fully saturated rings. The molecule has 0 aromatic heterocycles. The van der Waals surface area contributed by atoms with E-state index in [2.05, 4.69) is 17.5 Å². The van der Waals surface area contributed by atoms with Gasteiger partial charge in [0.05, 0.1) is 0 Å². The van der Waals surface area contributed by atoms with Crippen molar-refractivity contribution >= 4 is 0 Å². The lowest BCUT2D eigenvalue weighted by molar-refractivity contribution is 0.193. The van der Waals surface area contributed by atoms with Crippen molar-refractivity contribution in [1.29, 1.82) is 0 Å². The summed E-state index contributed by atoms with van der Waals surface area (Å²) in [6.07, 6.45) is 8.80. The van der Waals surface area contributed by atoms with E-state index in [4.69, 9.17) is 4.74 Å². The molecule has 2 rings (SSSR count). The van der Waals surface area contributed by atoms with Crippen molar-refractivity contribution in [2.45, 2.75) is 19.3 Å². The predicted molar refractivity (Wildman–Crippen MR) is 58.2 cm³/mol. The summed E-state index contributed by atoms with van der Waals surface area (Å²) in [7, 11) is 1.76. The average molecular weight is 195 g/mol. The van der Waals surface area contributed by atoms with E-state index < -0.39 is 0 Å². The van der Waals surface area contributed by atoms with Crippen molar-refractivity contribution in [3.05, 3.63) is 12.2 Å². The molecular formula is C12H21NO. The van der Waals surface area contributed by atoms with Crippen LogP contribution in [0.2, 0.25) is 0 Å². The first-order valence-corrected chi connectivity index (χ1v) is 5.78. The van der Waals surface area contributed by atoms with Crippen molar-refractivity contribution in [1.82, 2.24) is 5.32 Å². The van der Waals surface area contributed by atoms with Crippen LogP contribution in [0, 0.1) is 17.8 Å². The van der Waals surface area contributed by atoms with Gasteiger partial charge in [0.15, 0.2) is 0 Å². The van der Waals surface area contributed by atoms with Crippen LogP contribution in [0.15, 0.2) is 12.2 Å². The van der Waals surface area contributed by atoms with E-state index in [0.29, 0.717) is 0 Å². The third-order valence-electron chi connectivity index (χ3n) is 3.52. The summed E-state index contributed by atoms with van der Waals surface area (Å²) in [5, 5.41) is 3.53. The molecule has 0 saturated heterocycles. The van der Waals surface area contributed by atoms with Gasteiger partial charge in [0, 0.05) is 13.7 Å². The minimum atomic E-state index is 0.879. The van der Waals surface area contributed by atoms with Gasteiger partial charge in [0.2, 0.25) is 0 Å². The number of ether oxygens (including phenoxy) is 1. The van der Waals surface area contributed by atoms with Crippen LogP contribution in [-0.4, -0.2) is 26.8 Å². The zero-order valence-electron chi connectivity index (χ0n) is 9.04. The second-order valence-electron chi connectivity index (χ2n) is 4.59. The molecule has 80 valence electrons. The molecule has 2 aliphatic rings.